The van der Waals surface area contributed by atoms with E-state index in [0.717, 1.165) is 15.9 Å². The minimum Gasteiger partial charge on any atom is -0.358 e. The Labute approximate surface area is 105 Å². The summed E-state index contributed by atoms with van der Waals surface area (Å²) in [6, 6.07) is 8.61. The van der Waals surface area contributed by atoms with Gasteiger partial charge in [0.05, 0.1) is 12.1 Å². The summed E-state index contributed by atoms with van der Waals surface area (Å²) in [5.74, 6) is 1.07. The van der Waals surface area contributed by atoms with Crippen LogP contribution in [0.15, 0.2) is 29.3 Å². The zero-order valence-electron chi connectivity index (χ0n) is 9.40. The lowest BCUT2D eigenvalue weighted by Crippen LogP contribution is -2.22. The highest BCUT2D eigenvalue weighted by Crippen LogP contribution is 2.21. The first-order chi connectivity index (χ1) is 7.65. The molecule has 0 aliphatic carbocycles. The van der Waals surface area contributed by atoms with E-state index in [-0.39, 0.29) is 6.04 Å². The van der Waals surface area contributed by atoms with Crippen LogP contribution in [0.5, 0.6) is 0 Å². The Morgan fingerprint density at radius 1 is 1.56 bits per heavy atom. The predicted octanol–water partition coefficient (Wildman–Crippen LogP) is 3.48. The third kappa shape index (κ3) is 2.92. The van der Waals surface area contributed by atoms with Crippen molar-refractivity contribution in [2.24, 2.45) is 4.99 Å². The Bertz CT molecular complexity index is 406. The average molecular weight is 255 g/mol. The van der Waals surface area contributed by atoms with Gasteiger partial charge in [-0.3, -0.25) is 4.99 Å². The molecule has 2 unspecified atom stereocenters. The normalized spacial score (nSPS) is 21.7. The second kappa shape index (κ2) is 5.11. The summed E-state index contributed by atoms with van der Waals surface area (Å²) >= 11 is 7.75. The van der Waals surface area contributed by atoms with E-state index >= 15 is 0 Å². The molecule has 0 saturated carbocycles. The molecule has 0 amide bonds. The van der Waals surface area contributed by atoms with Crippen molar-refractivity contribution in [3.63, 3.8) is 0 Å². The molecular weight excluding hydrogens is 240 g/mol. The van der Waals surface area contributed by atoms with Gasteiger partial charge in [0, 0.05) is 10.8 Å². The Balaban J connectivity index is 2.03. The van der Waals surface area contributed by atoms with Crippen LogP contribution in [0.3, 0.4) is 0 Å². The lowest BCUT2D eigenvalue weighted by Gasteiger charge is -2.14. The average Bonchev–Trinajstić information content (AvgIpc) is 2.64. The van der Waals surface area contributed by atoms with Crippen molar-refractivity contribution in [3.8, 4) is 0 Å². The fourth-order valence-corrected chi connectivity index (χ4v) is 2.78. The Kier molecular flexibility index (Phi) is 3.77. The van der Waals surface area contributed by atoms with Crippen LogP contribution in [0.2, 0.25) is 5.02 Å². The highest BCUT2D eigenvalue weighted by atomic mass is 35.5. The standard InChI is InChI=1S/C12H15ClN2S/c1-8-7-16-12(14-8)15-9(2)10-4-3-5-11(13)6-10/h3-6,8-9H,7H2,1-2H3,(H,14,15). The van der Waals surface area contributed by atoms with Crippen LogP contribution in [-0.2, 0) is 0 Å². The monoisotopic (exact) mass is 254 g/mol. The molecule has 86 valence electrons. The van der Waals surface area contributed by atoms with Gasteiger partial charge in [-0.05, 0) is 31.5 Å². The largest absolute Gasteiger partial charge is 0.358 e. The summed E-state index contributed by atoms with van der Waals surface area (Å²) in [4.78, 5) is 4.51. The van der Waals surface area contributed by atoms with Crippen LogP contribution in [0.1, 0.15) is 25.5 Å². The van der Waals surface area contributed by atoms with Gasteiger partial charge in [-0.2, -0.15) is 0 Å². The van der Waals surface area contributed by atoms with Gasteiger partial charge >= 0.3 is 0 Å². The minimum absolute atomic E-state index is 0.246. The lowest BCUT2D eigenvalue weighted by atomic mass is 10.1. The van der Waals surface area contributed by atoms with Gasteiger partial charge < -0.3 is 5.32 Å². The van der Waals surface area contributed by atoms with Gasteiger partial charge in [-0.15, -0.1) is 0 Å². The quantitative estimate of drug-likeness (QED) is 0.874. The molecule has 1 N–H and O–H groups in total. The molecule has 1 aliphatic heterocycles. The second-order valence-corrected chi connectivity index (χ2v) is 5.46. The molecule has 1 aliphatic rings. The SMILES string of the molecule is CC1CSC(NC(C)c2cccc(Cl)c2)=N1. The number of thioether (sulfide) groups is 1. The van der Waals surface area contributed by atoms with Gasteiger partial charge in [0.15, 0.2) is 5.17 Å². The molecule has 0 spiro atoms. The van der Waals surface area contributed by atoms with Gasteiger partial charge in [-0.25, -0.2) is 0 Å². The molecule has 4 heteroatoms. The molecule has 16 heavy (non-hydrogen) atoms. The molecule has 2 rings (SSSR count). The third-order valence-corrected chi connectivity index (χ3v) is 3.87. The van der Waals surface area contributed by atoms with Gasteiger partial charge in [-0.1, -0.05) is 35.5 Å². The van der Waals surface area contributed by atoms with Gasteiger partial charge in [0.1, 0.15) is 0 Å². The second-order valence-electron chi connectivity index (χ2n) is 4.02. The first-order valence-corrected chi connectivity index (χ1v) is 6.74. The summed E-state index contributed by atoms with van der Waals surface area (Å²) in [7, 11) is 0. The van der Waals surface area contributed by atoms with Crippen LogP contribution in [-0.4, -0.2) is 17.0 Å². The van der Waals surface area contributed by atoms with Gasteiger partial charge in [0.2, 0.25) is 0 Å². The van der Waals surface area contributed by atoms with Crippen LogP contribution in [0, 0.1) is 0 Å². The first-order valence-electron chi connectivity index (χ1n) is 5.38. The third-order valence-electron chi connectivity index (χ3n) is 2.49. The van der Waals surface area contributed by atoms with Crippen LogP contribution >= 0.6 is 23.4 Å². The molecule has 0 radical (unpaired) electrons. The van der Waals surface area contributed by atoms with Crippen molar-refractivity contribution >= 4 is 28.5 Å². The van der Waals surface area contributed by atoms with Crippen molar-refractivity contribution in [2.75, 3.05) is 5.75 Å². The Morgan fingerprint density at radius 2 is 2.38 bits per heavy atom. The molecule has 1 heterocycles. The summed E-state index contributed by atoms with van der Waals surface area (Å²) < 4.78 is 0. The molecular formula is C12H15ClN2S. The smallest absolute Gasteiger partial charge is 0.157 e. The highest BCUT2D eigenvalue weighted by Gasteiger charge is 2.16. The first kappa shape index (κ1) is 11.8. The molecule has 2 nitrogen and oxygen atoms in total. The molecule has 0 fully saturated rings. The van der Waals surface area contributed by atoms with E-state index in [1.165, 1.54) is 5.56 Å². The van der Waals surface area contributed by atoms with E-state index in [4.69, 9.17) is 11.6 Å². The zero-order chi connectivity index (χ0) is 11.5. The lowest BCUT2D eigenvalue weighted by molar-refractivity contribution is 0.718. The molecule has 1 aromatic rings. The Hall–Kier alpha value is -0.670. The van der Waals surface area contributed by atoms with Crippen molar-refractivity contribution in [1.82, 2.24) is 5.32 Å². The number of halogens is 1. The number of rotatable bonds is 2. The predicted molar refractivity (Wildman–Crippen MR) is 72.4 cm³/mol. The number of aliphatic imine (C=N–C) groups is 1. The Morgan fingerprint density at radius 3 is 3.00 bits per heavy atom. The molecule has 2 atom stereocenters. The summed E-state index contributed by atoms with van der Waals surface area (Å²) in [5.41, 5.74) is 1.19. The molecule has 1 aromatic carbocycles. The van der Waals surface area contributed by atoms with E-state index in [1.54, 1.807) is 11.8 Å². The summed E-state index contributed by atoms with van der Waals surface area (Å²) in [5, 5.41) is 5.23. The van der Waals surface area contributed by atoms with Crippen LogP contribution in [0.25, 0.3) is 0 Å². The highest BCUT2D eigenvalue weighted by molar-refractivity contribution is 8.14. The van der Waals surface area contributed by atoms with E-state index in [9.17, 15) is 0 Å². The fourth-order valence-electron chi connectivity index (χ4n) is 1.60. The van der Waals surface area contributed by atoms with Crippen molar-refractivity contribution in [2.45, 2.75) is 25.9 Å². The van der Waals surface area contributed by atoms with Crippen LogP contribution < -0.4 is 5.32 Å². The van der Waals surface area contributed by atoms with Crippen LogP contribution in [0.4, 0.5) is 0 Å². The maximum Gasteiger partial charge on any atom is 0.157 e. The number of nitrogens with one attached hydrogen (secondary N) is 1. The van der Waals surface area contributed by atoms with E-state index in [0.29, 0.717) is 6.04 Å². The minimum atomic E-state index is 0.246. The molecule has 0 saturated heterocycles. The number of nitrogens with zero attached hydrogens (tertiary/aromatic N) is 1. The van der Waals surface area contributed by atoms with E-state index in [1.807, 2.05) is 18.2 Å². The fraction of sp³-hybridized carbons (Fsp3) is 0.417. The van der Waals surface area contributed by atoms with E-state index < -0.39 is 0 Å². The summed E-state index contributed by atoms with van der Waals surface area (Å²) in [6.07, 6.45) is 0. The maximum atomic E-state index is 5.97. The molecule has 0 bridgehead atoms. The number of benzene rings is 1. The number of hydrogen-bond donors (Lipinski definition) is 1. The number of hydrogen-bond acceptors (Lipinski definition) is 3. The summed E-state index contributed by atoms with van der Waals surface area (Å²) in [6.45, 7) is 4.25. The topological polar surface area (TPSA) is 24.4 Å². The van der Waals surface area contributed by atoms with Crippen molar-refractivity contribution in [3.05, 3.63) is 34.9 Å². The maximum absolute atomic E-state index is 5.97. The van der Waals surface area contributed by atoms with Crippen molar-refractivity contribution < 1.29 is 0 Å². The van der Waals surface area contributed by atoms with Gasteiger partial charge in [0.25, 0.3) is 0 Å². The zero-order valence-corrected chi connectivity index (χ0v) is 11.0. The number of amidine groups is 1. The molecule has 0 aromatic heterocycles. The van der Waals surface area contributed by atoms with E-state index in [2.05, 4.69) is 30.2 Å². The van der Waals surface area contributed by atoms with Crippen molar-refractivity contribution in [1.29, 1.82) is 0 Å².